The fourth-order valence-corrected chi connectivity index (χ4v) is 2.38. The number of benzene rings is 1. The maximum absolute atomic E-state index is 12.6. The molecule has 0 saturated heterocycles. The number of fused-ring (bicyclic) bond motifs is 1. The molecule has 0 saturated carbocycles. The van der Waals surface area contributed by atoms with Crippen molar-refractivity contribution in [2.24, 2.45) is 0 Å². The molecule has 0 fully saturated rings. The minimum Gasteiger partial charge on any atom is -0.399 e. The maximum Gasteiger partial charge on any atom is 0.453 e. The van der Waals surface area contributed by atoms with Crippen LogP contribution >= 0.6 is 11.3 Å². The van der Waals surface area contributed by atoms with Crippen LogP contribution in [0.1, 0.15) is 5.82 Å². The van der Waals surface area contributed by atoms with E-state index in [9.17, 15) is 13.2 Å². The lowest BCUT2D eigenvalue weighted by Crippen LogP contribution is -2.11. The fourth-order valence-electron chi connectivity index (χ4n) is 1.54. The lowest BCUT2D eigenvalue weighted by molar-refractivity contribution is -0.146. The van der Waals surface area contributed by atoms with E-state index in [1.165, 1.54) is 0 Å². The minimum atomic E-state index is -4.58. The summed E-state index contributed by atoms with van der Waals surface area (Å²) in [5.41, 5.74) is 6.80. The Kier molecular flexibility index (Phi) is 2.45. The van der Waals surface area contributed by atoms with E-state index in [-0.39, 0.29) is 4.96 Å². The molecule has 0 spiro atoms. The SMILES string of the molecule is Nc1ccc(-c2nn3c(C(F)(F)F)nnc3s2)cc1. The van der Waals surface area contributed by atoms with Crippen molar-refractivity contribution in [3.63, 3.8) is 0 Å². The first kappa shape index (κ1) is 11.9. The van der Waals surface area contributed by atoms with E-state index in [0.29, 0.717) is 20.8 Å². The fraction of sp³-hybridized carbons (Fsp3) is 0.100. The zero-order chi connectivity index (χ0) is 13.6. The van der Waals surface area contributed by atoms with Crippen LogP contribution in [-0.2, 0) is 6.18 Å². The number of nitrogens with zero attached hydrogens (tertiary/aromatic N) is 4. The van der Waals surface area contributed by atoms with Crippen LogP contribution in [0.15, 0.2) is 24.3 Å². The van der Waals surface area contributed by atoms with E-state index in [2.05, 4.69) is 15.3 Å². The molecular weight excluding hydrogens is 279 g/mol. The summed E-state index contributed by atoms with van der Waals surface area (Å²) in [6, 6.07) is 6.69. The van der Waals surface area contributed by atoms with Gasteiger partial charge in [-0.1, -0.05) is 11.3 Å². The third kappa shape index (κ3) is 2.01. The summed E-state index contributed by atoms with van der Waals surface area (Å²) < 4.78 is 38.6. The third-order valence-corrected chi connectivity index (χ3v) is 3.35. The van der Waals surface area contributed by atoms with Gasteiger partial charge in [0.2, 0.25) is 4.96 Å². The van der Waals surface area contributed by atoms with E-state index in [1.54, 1.807) is 24.3 Å². The van der Waals surface area contributed by atoms with Crippen molar-refractivity contribution in [1.82, 2.24) is 19.8 Å². The minimum absolute atomic E-state index is 0.0964. The number of nitrogens with two attached hydrogens (primary N) is 1. The maximum atomic E-state index is 12.6. The molecule has 19 heavy (non-hydrogen) atoms. The summed E-state index contributed by atoms with van der Waals surface area (Å²) in [6.45, 7) is 0. The quantitative estimate of drug-likeness (QED) is 0.697. The molecule has 2 heterocycles. The van der Waals surface area contributed by atoms with E-state index in [1.807, 2.05) is 0 Å². The molecule has 0 amide bonds. The third-order valence-electron chi connectivity index (χ3n) is 2.40. The molecule has 0 aliphatic carbocycles. The van der Waals surface area contributed by atoms with Crippen molar-refractivity contribution in [3.05, 3.63) is 30.1 Å². The van der Waals surface area contributed by atoms with Gasteiger partial charge in [-0.15, -0.1) is 10.2 Å². The summed E-state index contributed by atoms with van der Waals surface area (Å²) >= 11 is 1.03. The molecule has 0 bridgehead atoms. The predicted octanol–water partition coefficient (Wildman–Crippen LogP) is 2.45. The van der Waals surface area contributed by atoms with Gasteiger partial charge in [0.1, 0.15) is 5.01 Å². The van der Waals surface area contributed by atoms with Gasteiger partial charge in [0, 0.05) is 11.3 Å². The van der Waals surface area contributed by atoms with E-state index in [0.717, 1.165) is 11.3 Å². The number of hydrogen-bond donors (Lipinski definition) is 1. The van der Waals surface area contributed by atoms with E-state index in [4.69, 9.17) is 5.73 Å². The highest BCUT2D eigenvalue weighted by Crippen LogP contribution is 2.31. The van der Waals surface area contributed by atoms with Gasteiger partial charge in [0.05, 0.1) is 0 Å². The summed E-state index contributed by atoms with van der Waals surface area (Å²) in [5, 5.41) is 10.9. The van der Waals surface area contributed by atoms with Gasteiger partial charge in [-0.25, -0.2) is 0 Å². The Bertz CT molecular complexity index is 728. The van der Waals surface area contributed by atoms with Crippen molar-refractivity contribution < 1.29 is 13.2 Å². The van der Waals surface area contributed by atoms with Crippen LogP contribution in [0.5, 0.6) is 0 Å². The summed E-state index contributed by atoms with van der Waals surface area (Å²) in [6.07, 6.45) is -4.58. The highest BCUT2D eigenvalue weighted by Gasteiger charge is 2.38. The highest BCUT2D eigenvalue weighted by atomic mass is 32.1. The Balaban J connectivity index is 2.12. The first-order chi connectivity index (χ1) is 8.95. The molecule has 0 unspecified atom stereocenters. The van der Waals surface area contributed by atoms with Gasteiger partial charge >= 0.3 is 6.18 Å². The first-order valence-electron chi connectivity index (χ1n) is 5.10. The van der Waals surface area contributed by atoms with Crippen LogP contribution in [0.25, 0.3) is 15.5 Å². The zero-order valence-corrected chi connectivity index (χ0v) is 10.0. The van der Waals surface area contributed by atoms with Crippen molar-refractivity contribution in [2.75, 3.05) is 5.73 Å². The molecule has 0 radical (unpaired) electrons. The van der Waals surface area contributed by atoms with Gasteiger partial charge < -0.3 is 5.73 Å². The molecule has 2 aromatic heterocycles. The first-order valence-corrected chi connectivity index (χ1v) is 5.92. The second-order valence-electron chi connectivity index (χ2n) is 3.74. The number of hydrogen-bond acceptors (Lipinski definition) is 5. The van der Waals surface area contributed by atoms with Crippen LogP contribution in [0, 0.1) is 0 Å². The van der Waals surface area contributed by atoms with Crippen molar-refractivity contribution in [1.29, 1.82) is 0 Å². The number of nitrogen functional groups attached to an aromatic ring is 1. The molecule has 2 N–H and O–H groups in total. The zero-order valence-electron chi connectivity index (χ0n) is 9.22. The van der Waals surface area contributed by atoms with E-state index >= 15 is 0 Å². The summed E-state index contributed by atoms with van der Waals surface area (Å²) in [7, 11) is 0. The highest BCUT2D eigenvalue weighted by molar-refractivity contribution is 7.19. The monoisotopic (exact) mass is 285 g/mol. The molecular formula is C10H6F3N5S. The van der Waals surface area contributed by atoms with Crippen molar-refractivity contribution >= 4 is 22.0 Å². The number of anilines is 1. The van der Waals surface area contributed by atoms with E-state index < -0.39 is 12.0 Å². The summed E-state index contributed by atoms with van der Waals surface area (Å²) in [5.74, 6) is -1.12. The Hall–Kier alpha value is -2.16. The Morgan fingerprint density at radius 3 is 2.42 bits per heavy atom. The van der Waals surface area contributed by atoms with Gasteiger partial charge in [-0.2, -0.15) is 22.8 Å². The van der Waals surface area contributed by atoms with Crippen LogP contribution < -0.4 is 5.73 Å². The Morgan fingerprint density at radius 2 is 1.79 bits per heavy atom. The molecule has 3 rings (SSSR count). The lowest BCUT2D eigenvalue weighted by atomic mass is 10.2. The van der Waals surface area contributed by atoms with Crippen LogP contribution in [0.4, 0.5) is 18.9 Å². The van der Waals surface area contributed by atoms with Crippen LogP contribution in [-0.4, -0.2) is 19.8 Å². The second kappa shape index (κ2) is 3.92. The van der Waals surface area contributed by atoms with Crippen molar-refractivity contribution in [3.8, 4) is 10.6 Å². The molecule has 1 aromatic carbocycles. The Labute approximate surface area is 108 Å². The molecule has 0 atom stereocenters. The van der Waals surface area contributed by atoms with Crippen LogP contribution in [0.3, 0.4) is 0 Å². The molecule has 98 valence electrons. The van der Waals surface area contributed by atoms with Gasteiger partial charge in [-0.3, -0.25) is 0 Å². The summed E-state index contributed by atoms with van der Waals surface area (Å²) in [4.78, 5) is 0.0964. The van der Waals surface area contributed by atoms with Gasteiger partial charge in [-0.05, 0) is 24.3 Å². The Morgan fingerprint density at radius 1 is 1.11 bits per heavy atom. The second-order valence-corrected chi connectivity index (χ2v) is 4.70. The molecule has 0 aliphatic rings. The standard InChI is InChI=1S/C10H6F3N5S/c11-10(12,13)8-15-16-9-18(8)17-7(19-9)5-1-3-6(14)4-2-5/h1-4H,14H2. The topological polar surface area (TPSA) is 69.1 Å². The average molecular weight is 285 g/mol. The largest absolute Gasteiger partial charge is 0.453 e. The number of alkyl halides is 3. The number of rotatable bonds is 1. The molecule has 5 nitrogen and oxygen atoms in total. The average Bonchev–Trinajstić information content (AvgIpc) is 2.87. The molecule has 3 aromatic rings. The normalized spacial score (nSPS) is 12.2. The van der Waals surface area contributed by atoms with Gasteiger partial charge in [0.25, 0.3) is 5.82 Å². The number of aromatic nitrogens is 4. The number of halogens is 3. The van der Waals surface area contributed by atoms with Gasteiger partial charge in [0.15, 0.2) is 0 Å². The predicted molar refractivity (Wildman–Crippen MR) is 63.5 cm³/mol. The lowest BCUT2D eigenvalue weighted by Gasteiger charge is -2.00. The smallest absolute Gasteiger partial charge is 0.399 e. The van der Waals surface area contributed by atoms with Crippen LogP contribution in [0.2, 0.25) is 0 Å². The molecule has 9 heteroatoms. The molecule has 0 aliphatic heterocycles. The van der Waals surface area contributed by atoms with Crippen molar-refractivity contribution in [2.45, 2.75) is 6.18 Å².